The smallest absolute Gasteiger partial charge is 0.325 e. The third-order valence-electron chi connectivity index (χ3n) is 2.52. The molecule has 2 heterocycles. The van der Waals surface area contributed by atoms with Crippen molar-refractivity contribution in [2.75, 3.05) is 5.32 Å². The molecule has 0 radical (unpaired) electrons. The molecule has 5 nitrogen and oxygen atoms in total. The number of hydrogen-bond donors (Lipinski definition) is 3. The Morgan fingerprint density at radius 2 is 2.06 bits per heavy atom. The third-order valence-corrected chi connectivity index (χ3v) is 2.52. The first-order chi connectivity index (χ1) is 8.72. The lowest BCUT2D eigenvalue weighted by atomic mass is 10.3. The van der Waals surface area contributed by atoms with E-state index in [2.05, 4.69) is 20.3 Å². The molecule has 18 heavy (non-hydrogen) atoms. The summed E-state index contributed by atoms with van der Waals surface area (Å²) in [5.74, 6) is -0.347. The first kappa shape index (κ1) is 10.5. The van der Waals surface area contributed by atoms with E-state index >= 15 is 0 Å². The number of rotatable bonds is 2. The lowest BCUT2D eigenvalue weighted by Gasteiger charge is -2.06. The molecule has 0 aliphatic carbocycles. The molecule has 2 aromatic heterocycles. The molecular formula is C12H9FN4O. The zero-order valence-electron chi connectivity index (χ0n) is 9.20. The molecule has 0 amide bonds. The van der Waals surface area contributed by atoms with Crippen molar-refractivity contribution in [1.29, 1.82) is 0 Å². The number of pyridine rings is 1. The van der Waals surface area contributed by atoms with E-state index in [-0.39, 0.29) is 11.5 Å². The summed E-state index contributed by atoms with van der Waals surface area (Å²) >= 11 is 0. The van der Waals surface area contributed by atoms with Crippen LogP contribution < -0.4 is 11.0 Å². The third kappa shape index (κ3) is 1.84. The summed E-state index contributed by atoms with van der Waals surface area (Å²) in [7, 11) is 0. The van der Waals surface area contributed by atoms with Gasteiger partial charge in [-0.3, -0.25) is 4.98 Å². The van der Waals surface area contributed by atoms with Gasteiger partial charge in [-0.1, -0.05) is 12.1 Å². The van der Waals surface area contributed by atoms with Gasteiger partial charge in [0, 0.05) is 0 Å². The van der Waals surface area contributed by atoms with Crippen LogP contribution in [0.1, 0.15) is 0 Å². The van der Waals surface area contributed by atoms with Gasteiger partial charge < -0.3 is 10.3 Å². The lowest BCUT2D eigenvalue weighted by molar-refractivity contribution is 0.632. The largest absolute Gasteiger partial charge is 0.352 e. The van der Waals surface area contributed by atoms with Gasteiger partial charge in [-0.2, -0.15) is 0 Å². The van der Waals surface area contributed by atoms with E-state index < -0.39 is 0 Å². The minimum atomic E-state index is -0.347. The molecule has 0 fully saturated rings. The van der Waals surface area contributed by atoms with Crippen molar-refractivity contribution in [3.8, 4) is 0 Å². The number of anilines is 2. The summed E-state index contributed by atoms with van der Waals surface area (Å²) in [5, 5.41) is 2.90. The molecule has 3 N–H and O–H groups in total. The number of para-hydroxylation sites is 1. The molecule has 0 atom stereocenters. The van der Waals surface area contributed by atoms with Gasteiger partial charge in [0.05, 0.1) is 23.1 Å². The predicted molar refractivity (Wildman–Crippen MR) is 66.4 cm³/mol. The Hall–Kier alpha value is -2.63. The van der Waals surface area contributed by atoms with E-state index in [9.17, 15) is 9.18 Å². The number of fused-ring (bicyclic) bond motifs is 1. The molecule has 0 saturated heterocycles. The van der Waals surface area contributed by atoms with Gasteiger partial charge in [-0.25, -0.2) is 14.2 Å². The molecule has 1 aromatic carbocycles. The van der Waals surface area contributed by atoms with Gasteiger partial charge in [-0.15, -0.1) is 0 Å². The number of H-pyrrole nitrogens is 2. The molecule has 6 heteroatoms. The Morgan fingerprint density at radius 3 is 2.89 bits per heavy atom. The zero-order chi connectivity index (χ0) is 12.5. The van der Waals surface area contributed by atoms with E-state index in [0.717, 1.165) is 0 Å². The number of imidazole rings is 1. The molecular weight excluding hydrogens is 235 g/mol. The molecule has 0 bridgehead atoms. The van der Waals surface area contributed by atoms with Crippen molar-refractivity contribution in [2.24, 2.45) is 0 Å². The van der Waals surface area contributed by atoms with Crippen LogP contribution in [0.15, 0.2) is 41.3 Å². The maximum Gasteiger partial charge on any atom is 0.325 e. The second-order valence-corrected chi connectivity index (χ2v) is 3.80. The van der Waals surface area contributed by atoms with Crippen LogP contribution in [-0.2, 0) is 0 Å². The minimum Gasteiger partial charge on any atom is -0.352 e. The second kappa shape index (κ2) is 3.99. The number of halogens is 1. The first-order valence-electron chi connectivity index (χ1n) is 5.32. The Kier molecular flexibility index (Phi) is 2.33. The average molecular weight is 244 g/mol. The van der Waals surface area contributed by atoms with Gasteiger partial charge >= 0.3 is 5.69 Å². The van der Waals surface area contributed by atoms with Crippen LogP contribution in [0, 0.1) is 5.82 Å². The fourth-order valence-electron chi connectivity index (χ4n) is 1.71. The Balaban J connectivity index is 2.00. The van der Waals surface area contributed by atoms with Crippen molar-refractivity contribution in [2.45, 2.75) is 0 Å². The van der Waals surface area contributed by atoms with E-state index in [4.69, 9.17) is 0 Å². The van der Waals surface area contributed by atoms with Gasteiger partial charge in [0.2, 0.25) is 0 Å². The summed E-state index contributed by atoms with van der Waals surface area (Å²) < 4.78 is 13.4. The Morgan fingerprint density at radius 1 is 1.22 bits per heavy atom. The normalized spacial score (nSPS) is 10.7. The first-order valence-corrected chi connectivity index (χ1v) is 5.32. The second-order valence-electron chi connectivity index (χ2n) is 3.80. The maximum absolute atomic E-state index is 13.4. The van der Waals surface area contributed by atoms with Crippen LogP contribution in [0.3, 0.4) is 0 Å². The number of nitrogens with zero attached hydrogens (tertiary/aromatic N) is 1. The number of hydrogen-bond acceptors (Lipinski definition) is 3. The quantitative estimate of drug-likeness (QED) is 0.646. The predicted octanol–water partition coefficient (Wildman–Crippen LogP) is 2.13. The topological polar surface area (TPSA) is 73.6 Å². The Bertz CT molecular complexity index is 762. The fraction of sp³-hybridized carbons (Fsp3) is 0. The van der Waals surface area contributed by atoms with Crippen LogP contribution in [0.4, 0.5) is 15.8 Å². The van der Waals surface area contributed by atoms with Gasteiger partial charge in [-0.05, 0) is 18.2 Å². The van der Waals surface area contributed by atoms with Crippen LogP contribution in [0.2, 0.25) is 0 Å². The van der Waals surface area contributed by atoms with Crippen molar-refractivity contribution in [3.05, 3.63) is 52.8 Å². The Labute approximate surface area is 101 Å². The highest BCUT2D eigenvalue weighted by atomic mass is 19.1. The number of benzene rings is 1. The van der Waals surface area contributed by atoms with E-state index in [1.807, 2.05) is 0 Å². The zero-order valence-corrected chi connectivity index (χ0v) is 9.20. The lowest BCUT2D eigenvalue weighted by Crippen LogP contribution is -1.99. The highest BCUT2D eigenvalue weighted by Crippen LogP contribution is 2.20. The average Bonchev–Trinajstić information content (AvgIpc) is 2.71. The van der Waals surface area contributed by atoms with Gasteiger partial charge in [0.1, 0.15) is 5.82 Å². The fourth-order valence-corrected chi connectivity index (χ4v) is 1.71. The van der Waals surface area contributed by atoms with Crippen LogP contribution in [0.5, 0.6) is 0 Å². The SMILES string of the molecule is O=c1[nH]c2cc(Nc3ccccc3F)cnc2[nH]1. The number of nitrogens with one attached hydrogen (secondary N) is 3. The summed E-state index contributed by atoms with van der Waals surface area (Å²) in [6.45, 7) is 0. The van der Waals surface area contributed by atoms with E-state index in [1.54, 1.807) is 24.3 Å². The standard InChI is InChI=1S/C12H9FN4O/c13-8-3-1-2-4-9(8)15-7-5-10-11(14-6-7)17-12(18)16-10/h1-6,15H,(H2,14,16,17,18). The van der Waals surface area contributed by atoms with E-state index in [1.165, 1.54) is 12.3 Å². The van der Waals surface area contributed by atoms with Crippen LogP contribution in [0.25, 0.3) is 11.2 Å². The van der Waals surface area contributed by atoms with Crippen molar-refractivity contribution < 1.29 is 4.39 Å². The van der Waals surface area contributed by atoms with Crippen molar-refractivity contribution in [1.82, 2.24) is 15.0 Å². The molecule has 0 unspecified atom stereocenters. The van der Waals surface area contributed by atoms with Crippen molar-refractivity contribution in [3.63, 3.8) is 0 Å². The molecule has 3 rings (SSSR count). The molecule has 90 valence electrons. The van der Waals surface area contributed by atoms with Crippen LogP contribution in [-0.4, -0.2) is 15.0 Å². The van der Waals surface area contributed by atoms with Gasteiger partial charge in [0.15, 0.2) is 5.65 Å². The molecule has 0 saturated carbocycles. The molecule has 3 aromatic rings. The molecule has 0 aliphatic rings. The summed E-state index contributed by atoms with van der Waals surface area (Å²) in [4.78, 5) is 20.3. The number of aromatic amines is 2. The van der Waals surface area contributed by atoms with Crippen molar-refractivity contribution >= 4 is 22.5 Å². The maximum atomic E-state index is 13.4. The summed E-state index contributed by atoms with van der Waals surface area (Å²) in [6, 6.07) is 8.03. The highest BCUT2D eigenvalue weighted by Gasteiger charge is 2.04. The minimum absolute atomic E-state index is 0.319. The van der Waals surface area contributed by atoms with Gasteiger partial charge in [0.25, 0.3) is 0 Å². The highest BCUT2D eigenvalue weighted by molar-refractivity contribution is 5.75. The number of aromatic nitrogens is 3. The molecule has 0 aliphatic heterocycles. The monoisotopic (exact) mass is 244 g/mol. The summed E-state index contributed by atoms with van der Waals surface area (Å²) in [5.41, 5.74) is 1.68. The van der Waals surface area contributed by atoms with E-state index in [0.29, 0.717) is 22.5 Å². The molecule has 0 spiro atoms. The van der Waals surface area contributed by atoms with Crippen LogP contribution >= 0.6 is 0 Å². The summed E-state index contributed by atoms with van der Waals surface area (Å²) in [6.07, 6.45) is 1.53.